The summed E-state index contributed by atoms with van der Waals surface area (Å²) >= 11 is 0. The van der Waals surface area contributed by atoms with Crippen molar-refractivity contribution < 1.29 is 9.59 Å². The molecule has 0 radical (unpaired) electrons. The molecule has 2 saturated heterocycles. The van der Waals surface area contributed by atoms with E-state index in [0.29, 0.717) is 0 Å². The third-order valence-electron chi connectivity index (χ3n) is 5.48. The van der Waals surface area contributed by atoms with Gasteiger partial charge < -0.3 is 15.5 Å². The van der Waals surface area contributed by atoms with Gasteiger partial charge in [0.1, 0.15) is 0 Å². The molecule has 2 heterocycles. The molecular weight excluding hydrogens is 278 g/mol. The van der Waals surface area contributed by atoms with Crippen molar-refractivity contribution in [3.05, 3.63) is 0 Å². The highest BCUT2D eigenvalue weighted by molar-refractivity contribution is 5.88. The zero-order valence-corrected chi connectivity index (χ0v) is 13.5. The Balaban J connectivity index is 1.60. The van der Waals surface area contributed by atoms with Gasteiger partial charge in [0, 0.05) is 37.5 Å². The first-order valence-corrected chi connectivity index (χ1v) is 9.05. The van der Waals surface area contributed by atoms with Crippen LogP contribution in [0.15, 0.2) is 0 Å². The second-order valence-electron chi connectivity index (χ2n) is 7.08. The summed E-state index contributed by atoms with van der Waals surface area (Å²) in [6.45, 7) is 3.68. The predicted octanol–water partition coefficient (Wildman–Crippen LogP) is 1.28. The molecule has 0 aromatic heterocycles. The lowest BCUT2D eigenvalue weighted by molar-refractivity contribution is -0.143. The van der Waals surface area contributed by atoms with Crippen molar-refractivity contribution in [2.45, 2.75) is 57.4 Å². The Morgan fingerprint density at radius 2 is 1.64 bits per heavy atom. The molecular formula is C17H29N3O2. The van der Waals surface area contributed by atoms with E-state index in [1.54, 1.807) is 0 Å². The Bertz CT molecular complexity index is 401. The maximum atomic E-state index is 12.7. The Morgan fingerprint density at radius 1 is 0.909 bits per heavy atom. The standard InChI is InChI=1S/C17H29N3O2/c21-16(19-13-6-5-9-18-12-13)14-7-1-2-8-15(14)17(22)20-10-3-4-11-20/h13-15,18H,1-12H2,(H,19,21). The molecule has 124 valence electrons. The zero-order valence-electron chi connectivity index (χ0n) is 13.5. The van der Waals surface area contributed by atoms with Crippen molar-refractivity contribution in [3.63, 3.8) is 0 Å². The van der Waals surface area contributed by atoms with Crippen LogP contribution in [0.5, 0.6) is 0 Å². The van der Waals surface area contributed by atoms with Gasteiger partial charge in [-0.2, -0.15) is 0 Å². The summed E-state index contributed by atoms with van der Waals surface area (Å²) in [5, 5.41) is 6.52. The fraction of sp³-hybridized carbons (Fsp3) is 0.882. The molecule has 3 unspecified atom stereocenters. The minimum Gasteiger partial charge on any atom is -0.352 e. The quantitative estimate of drug-likeness (QED) is 0.826. The fourth-order valence-corrected chi connectivity index (χ4v) is 4.20. The molecule has 2 amide bonds. The highest BCUT2D eigenvalue weighted by Crippen LogP contribution is 2.32. The van der Waals surface area contributed by atoms with Crippen molar-refractivity contribution in [2.75, 3.05) is 26.2 Å². The molecule has 3 fully saturated rings. The van der Waals surface area contributed by atoms with Crippen molar-refractivity contribution in [2.24, 2.45) is 11.8 Å². The number of nitrogens with one attached hydrogen (secondary N) is 2. The van der Waals surface area contributed by atoms with E-state index in [0.717, 1.165) is 77.5 Å². The molecule has 2 N–H and O–H groups in total. The van der Waals surface area contributed by atoms with Gasteiger partial charge in [-0.1, -0.05) is 12.8 Å². The van der Waals surface area contributed by atoms with Crippen LogP contribution in [0, 0.1) is 11.8 Å². The molecule has 5 nitrogen and oxygen atoms in total. The van der Waals surface area contributed by atoms with Gasteiger partial charge in [0.25, 0.3) is 0 Å². The van der Waals surface area contributed by atoms with E-state index >= 15 is 0 Å². The van der Waals surface area contributed by atoms with Crippen LogP contribution >= 0.6 is 0 Å². The van der Waals surface area contributed by atoms with E-state index in [9.17, 15) is 9.59 Å². The van der Waals surface area contributed by atoms with Crippen LogP contribution < -0.4 is 10.6 Å². The number of piperidine rings is 1. The number of likely N-dealkylation sites (tertiary alicyclic amines) is 1. The molecule has 3 rings (SSSR count). The summed E-state index contributed by atoms with van der Waals surface area (Å²) in [6, 6.07) is 0.241. The highest BCUT2D eigenvalue weighted by Gasteiger charge is 2.38. The molecule has 1 aliphatic carbocycles. The van der Waals surface area contributed by atoms with E-state index in [1.807, 2.05) is 4.90 Å². The first-order chi connectivity index (χ1) is 10.8. The molecule has 2 aliphatic heterocycles. The maximum absolute atomic E-state index is 12.7. The largest absolute Gasteiger partial charge is 0.352 e. The molecule has 5 heteroatoms. The number of nitrogens with zero attached hydrogens (tertiary/aromatic N) is 1. The number of hydrogen-bond donors (Lipinski definition) is 2. The minimum atomic E-state index is -0.108. The lowest BCUT2D eigenvalue weighted by Gasteiger charge is -2.34. The molecule has 3 atom stereocenters. The van der Waals surface area contributed by atoms with Gasteiger partial charge in [0.05, 0.1) is 0 Å². The molecule has 0 spiro atoms. The normalized spacial score (nSPS) is 32.7. The topological polar surface area (TPSA) is 61.4 Å². The van der Waals surface area contributed by atoms with Gasteiger partial charge >= 0.3 is 0 Å². The average molecular weight is 307 g/mol. The van der Waals surface area contributed by atoms with Gasteiger partial charge in [-0.15, -0.1) is 0 Å². The zero-order chi connectivity index (χ0) is 15.4. The summed E-state index contributed by atoms with van der Waals surface area (Å²) in [7, 11) is 0. The highest BCUT2D eigenvalue weighted by atomic mass is 16.2. The van der Waals surface area contributed by atoms with Gasteiger partial charge in [-0.05, 0) is 45.1 Å². The summed E-state index contributed by atoms with van der Waals surface area (Å²) in [6.07, 6.45) is 8.31. The Morgan fingerprint density at radius 3 is 2.32 bits per heavy atom. The Hall–Kier alpha value is -1.10. The molecule has 0 bridgehead atoms. The third kappa shape index (κ3) is 3.62. The van der Waals surface area contributed by atoms with E-state index in [2.05, 4.69) is 10.6 Å². The van der Waals surface area contributed by atoms with Gasteiger partial charge in [-0.25, -0.2) is 0 Å². The van der Waals surface area contributed by atoms with Gasteiger partial charge in [0.2, 0.25) is 11.8 Å². The lowest BCUT2D eigenvalue weighted by Crippen LogP contribution is -2.50. The number of carbonyl (C=O) groups is 2. The van der Waals surface area contributed by atoms with E-state index in [-0.39, 0.29) is 29.7 Å². The second-order valence-corrected chi connectivity index (χ2v) is 7.08. The molecule has 3 aliphatic rings. The van der Waals surface area contributed by atoms with Crippen molar-refractivity contribution in [1.82, 2.24) is 15.5 Å². The summed E-state index contributed by atoms with van der Waals surface area (Å²) in [5.74, 6) is 0.164. The summed E-state index contributed by atoms with van der Waals surface area (Å²) in [4.78, 5) is 27.4. The van der Waals surface area contributed by atoms with Crippen LogP contribution in [0.2, 0.25) is 0 Å². The molecule has 1 saturated carbocycles. The van der Waals surface area contributed by atoms with E-state index in [4.69, 9.17) is 0 Å². The fourth-order valence-electron chi connectivity index (χ4n) is 4.20. The number of hydrogen-bond acceptors (Lipinski definition) is 3. The molecule has 0 aromatic rings. The predicted molar refractivity (Wildman–Crippen MR) is 85.3 cm³/mol. The molecule has 0 aromatic carbocycles. The number of rotatable bonds is 3. The van der Waals surface area contributed by atoms with Crippen molar-refractivity contribution >= 4 is 11.8 Å². The van der Waals surface area contributed by atoms with E-state index in [1.165, 1.54) is 0 Å². The van der Waals surface area contributed by atoms with Crippen LogP contribution in [0.4, 0.5) is 0 Å². The first-order valence-electron chi connectivity index (χ1n) is 9.05. The van der Waals surface area contributed by atoms with Crippen LogP contribution in [0.25, 0.3) is 0 Å². The van der Waals surface area contributed by atoms with Crippen LogP contribution in [-0.4, -0.2) is 48.9 Å². The second kappa shape index (κ2) is 7.44. The Kier molecular flexibility index (Phi) is 5.34. The van der Waals surface area contributed by atoms with Crippen LogP contribution in [-0.2, 0) is 9.59 Å². The van der Waals surface area contributed by atoms with Crippen LogP contribution in [0.3, 0.4) is 0 Å². The van der Waals surface area contributed by atoms with Gasteiger partial charge in [0.15, 0.2) is 0 Å². The van der Waals surface area contributed by atoms with Crippen LogP contribution in [0.1, 0.15) is 51.4 Å². The van der Waals surface area contributed by atoms with Crippen molar-refractivity contribution in [1.29, 1.82) is 0 Å². The smallest absolute Gasteiger partial charge is 0.226 e. The third-order valence-corrected chi connectivity index (χ3v) is 5.48. The maximum Gasteiger partial charge on any atom is 0.226 e. The van der Waals surface area contributed by atoms with Crippen molar-refractivity contribution in [3.8, 4) is 0 Å². The summed E-state index contributed by atoms with van der Waals surface area (Å²) < 4.78 is 0. The number of amides is 2. The monoisotopic (exact) mass is 307 g/mol. The average Bonchev–Trinajstić information content (AvgIpc) is 3.09. The first kappa shape index (κ1) is 15.8. The SMILES string of the molecule is O=C(NC1CCCNC1)C1CCCCC1C(=O)N1CCCC1. The van der Waals surface area contributed by atoms with Gasteiger partial charge in [-0.3, -0.25) is 9.59 Å². The summed E-state index contributed by atoms with van der Waals surface area (Å²) in [5.41, 5.74) is 0. The Labute approximate surface area is 133 Å². The molecule has 22 heavy (non-hydrogen) atoms. The lowest BCUT2D eigenvalue weighted by atomic mass is 9.77. The number of carbonyl (C=O) groups excluding carboxylic acids is 2. The minimum absolute atomic E-state index is 0.0802. The van der Waals surface area contributed by atoms with E-state index < -0.39 is 0 Å².